The van der Waals surface area contributed by atoms with E-state index in [2.05, 4.69) is 23.5 Å². The lowest BCUT2D eigenvalue weighted by Gasteiger charge is -2.29. The first kappa shape index (κ1) is 12.0. The highest BCUT2D eigenvalue weighted by molar-refractivity contribution is 8.08. The summed E-state index contributed by atoms with van der Waals surface area (Å²) < 4.78 is 0.387. The molecule has 2 aliphatic carbocycles. The lowest BCUT2D eigenvalue weighted by Crippen LogP contribution is -2.32. The Kier molecular flexibility index (Phi) is 2.71. The fourth-order valence-electron chi connectivity index (χ4n) is 4.26. The molecule has 2 heterocycles. The van der Waals surface area contributed by atoms with Crippen LogP contribution in [-0.4, -0.2) is 31.6 Å². The van der Waals surface area contributed by atoms with Crippen LogP contribution in [0.1, 0.15) is 44.9 Å². The third-order valence-electron chi connectivity index (χ3n) is 5.37. The summed E-state index contributed by atoms with van der Waals surface area (Å²) in [6, 6.07) is 0. The minimum absolute atomic E-state index is 0.0529. The summed E-state index contributed by atoms with van der Waals surface area (Å²) in [5.74, 6) is 0.288. The highest BCUT2D eigenvalue weighted by atomic mass is 32.2. The molecule has 2 nitrogen and oxygen atoms in total. The van der Waals surface area contributed by atoms with Crippen molar-refractivity contribution in [2.24, 2.45) is 11.8 Å². The Morgan fingerprint density at radius 3 is 2.89 bits per heavy atom. The Morgan fingerprint density at radius 1 is 1.22 bits per heavy atom. The number of carbonyl (C=O) groups is 1. The third kappa shape index (κ3) is 2.00. The number of rotatable bonds is 3. The van der Waals surface area contributed by atoms with Gasteiger partial charge in [-0.3, -0.25) is 4.79 Å². The summed E-state index contributed by atoms with van der Waals surface area (Å²) in [4.78, 5) is 11.2. The van der Waals surface area contributed by atoms with Gasteiger partial charge in [0, 0.05) is 20.5 Å². The Hall–Kier alpha value is 0.170. The highest BCUT2D eigenvalue weighted by Gasteiger charge is 2.60. The van der Waals surface area contributed by atoms with E-state index in [1.54, 1.807) is 0 Å². The Morgan fingerprint density at radius 2 is 2.11 bits per heavy atom. The summed E-state index contributed by atoms with van der Waals surface area (Å²) in [7, 11) is 0. The fraction of sp³-hybridized carbons (Fsp3) is 0.929. The lowest BCUT2D eigenvalue weighted by atomic mass is 9.74. The van der Waals surface area contributed by atoms with Gasteiger partial charge in [-0.2, -0.15) is 11.8 Å². The number of fused-ring (bicyclic) bond motifs is 2. The zero-order chi connectivity index (χ0) is 12.3. The Labute approximate surface area is 117 Å². The molecule has 1 N–H and O–H groups in total. The van der Waals surface area contributed by atoms with Gasteiger partial charge in [-0.15, -0.1) is 11.8 Å². The van der Waals surface area contributed by atoms with E-state index in [0.717, 1.165) is 40.9 Å². The van der Waals surface area contributed by atoms with Crippen LogP contribution in [0, 0.1) is 11.8 Å². The van der Waals surface area contributed by atoms with Crippen LogP contribution in [0.3, 0.4) is 0 Å². The molecule has 2 aliphatic heterocycles. The van der Waals surface area contributed by atoms with Crippen molar-refractivity contribution < 1.29 is 9.90 Å². The number of carboxylic acid groups (broad SMARTS) is 1. The van der Waals surface area contributed by atoms with Gasteiger partial charge in [-0.25, -0.2) is 0 Å². The molecule has 2 saturated carbocycles. The van der Waals surface area contributed by atoms with E-state index in [-0.39, 0.29) is 5.92 Å². The number of hydrogen-bond acceptors (Lipinski definition) is 3. The van der Waals surface area contributed by atoms with E-state index in [4.69, 9.17) is 0 Å². The van der Waals surface area contributed by atoms with Crippen molar-refractivity contribution in [2.45, 2.75) is 65.4 Å². The first-order valence-electron chi connectivity index (χ1n) is 7.22. The Bertz CT molecular complexity index is 386. The van der Waals surface area contributed by atoms with Gasteiger partial charge in [0.05, 0.1) is 5.92 Å². The highest BCUT2D eigenvalue weighted by Crippen LogP contribution is 2.67. The number of aliphatic carboxylic acids is 1. The molecule has 0 aromatic rings. The largest absolute Gasteiger partial charge is 0.481 e. The molecule has 0 spiro atoms. The normalized spacial score (nSPS) is 53.2. The maximum Gasteiger partial charge on any atom is 0.306 e. The van der Waals surface area contributed by atoms with E-state index in [1.165, 1.54) is 25.7 Å². The second kappa shape index (κ2) is 4.08. The molecule has 0 radical (unpaired) electrons. The molecular formula is C14H20O2S2. The van der Waals surface area contributed by atoms with Crippen LogP contribution >= 0.6 is 23.5 Å². The monoisotopic (exact) mass is 284 g/mol. The van der Waals surface area contributed by atoms with Gasteiger partial charge >= 0.3 is 5.97 Å². The first-order chi connectivity index (χ1) is 8.66. The average Bonchev–Trinajstić information content (AvgIpc) is 3.20. The predicted octanol–water partition coefficient (Wildman–Crippen LogP) is 3.40. The summed E-state index contributed by atoms with van der Waals surface area (Å²) in [5, 5.41) is 12.0. The van der Waals surface area contributed by atoms with E-state index >= 15 is 0 Å². The molecule has 2 saturated heterocycles. The van der Waals surface area contributed by atoms with Crippen LogP contribution in [0.15, 0.2) is 0 Å². The second-order valence-corrected chi connectivity index (χ2v) is 9.69. The van der Waals surface area contributed by atoms with Gasteiger partial charge in [0.1, 0.15) is 0 Å². The van der Waals surface area contributed by atoms with Crippen molar-refractivity contribution in [1.29, 1.82) is 0 Å². The van der Waals surface area contributed by atoms with Gasteiger partial charge in [-0.1, -0.05) is 0 Å². The molecular weight excluding hydrogens is 264 g/mol. The molecule has 6 atom stereocenters. The zero-order valence-corrected chi connectivity index (χ0v) is 12.1. The van der Waals surface area contributed by atoms with Gasteiger partial charge in [0.25, 0.3) is 0 Å². The SMILES string of the molecule is O=C(O)C1CCC2SC2(CC2CCC3SC3C2)C1. The lowest BCUT2D eigenvalue weighted by molar-refractivity contribution is -0.142. The van der Waals surface area contributed by atoms with Crippen molar-refractivity contribution in [3.63, 3.8) is 0 Å². The molecule has 6 unspecified atom stereocenters. The van der Waals surface area contributed by atoms with Gasteiger partial charge in [0.15, 0.2) is 0 Å². The summed E-state index contributed by atoms with van der Waals surface area (Å²) in [5.41, 5.74) is 0. The first-order valence-corrected chi connectivity index (χ1v) is 9.05. The number of carboxylic acids is 1. The summed E-state index contributed by atoms with van der Waals surface area (Å²) >= 11 is 4.29. The molecule has 0 aromatic carbocycles. The van der Waals surface area contributed by atoms with Crippen molar-refractivity contribution in [3.8, 4) is 0 Å². The fourth-order valence-corrected chi connectivity index (χ4v) is 7.21. The van der Waals surface area contributed by atoms with Crippen LogP contribution in [0.2, 0.25) is 0 Å². The van der Waals surface area contributed by atoms with E-state index in [9.17, 15) is 9.90 Å². The Balaban J connectivity index is 1.40. The van der Waals surface area contributed by atoms with Crippen LogP contribution in [0.25, 0.3) is 0 Å². The second-order valence-electron chi connectivity index (χ2n) is 6.58. The molecule has 0 bridgehead atoms. The average molecular weight is 284 g/mol. The van der Waals surface area contributed by atoms with E-state index in [1.807, 2.05) is 0 Å². The minimum atomic E-state index is -0.554. The number of hydrogen-bond donors (Lipinski definition) is 1. The van der Waals surface area contributed by atoms with Gasteiger partial charge in [0.2, 0.25) is 0 Å². The molecule has 100 valence electrons. The van der Waals surface area contributed by atoms with Crippen LogP contribution in [0.4, 0.5) is 0 Å². The molecule has 4 fully saturated rings. The molecule has 4 rings (SSSR count). The predicted molar refractivity (Wildman–Crippen MR) is 76.2 cm³/mol. The summed E-state index contributed by atoms with van der Waals surface area (Å²) in [6.45, 7) is 0. The van der Waals surface area contributed by atoms with Crippen molar-refractivity contribution >= 4 is 29.5 Å². The van der Waals surface area contributed by atoms with Crippen molar-refractivity contribution in [2.75, 3.05) is 0 Å². The molecule has 0 aromatic heterocycles. The topological polar surface area (TPSA) is 37.3 Å². The number of thioether (sulfide) groups is 2. The summed E-state index contributed by atoms with van der Waals surface area (Å²) in [6.07, 6.45) is 8.58. The van der Waals surface area contributed by atoms with Gasteiger partial charge in [-0.05, 0) is 50.9 Å². The minimum Gasteiger partial charge on any atom is -0.481 e. The van der Waals surface area contributed by atoms with Crippen molar-refractivity contribution in [1.82, 2.24) is 0 Å². The van der Waals surface area contributed by atoms with Gasteiger partial charge < -0.3 is 5.11 Å². The molecule has 4 heteroatoms. The van der Waals surface area contributed by atoms with Crippen LogP contribution in [0.5, 0.6) is 0 Å². The molecule has 4 aliphatic rings. The quantitative estimate of drug-likeness (QED) is 0.806. The smallest absolute Gasteiger partial charge is 0.306 e. The standard InChI is InChI=1S/C14H20O2S2/c15-13(16)9-2-4-12-14(7-9,18-12)6-8-1-3-10-11(5-8)17-10/h8-12H,1-7H2,(H,15,16). The van der Waals surface area contributed by atoms with E-state index < -0.39 is 5.97 Å². The van der Waals surface area contributed by atoms with Crippen LogP contribution < -0.4 is 0 Å². The third-order valence-corrected chi connectivity index (χ3v) is 8.65. The molecule has 18 heavy (non-hydrogen) atoms. The van der Waals surface area contributed by atoms with E-state index in [0.29, 0.717) is 4.75 Å². The van der Waals surface area contributed by atoms with Crippen LogP contribution in [-0.2, 0) is 4.79 Å². The molecule has 0 amide bonds. The maximum atomic E-state index is 11.2. The van der Waals surface area contributed by atoms with Crippen molar-refractivity contribution in [3.05, 3.63) is 0 Å². The zero-order valence-electron chi connectivity index (χ0n) is 10.5. The maximum absolute atomic E-state index is 11.2.